The lowest BCUT2D eigenvalue weighted by atomic mass is 9.92. The molecule has 3 aromatic heterocycles. The fraction of sp³-hybridized carbons (Fsp3) is 0.500. The summed E-state index contributed by atoms with van der Waals surface area (Å²) in [5.41, 5.74) is 10.5. The predicted molar refractivity (Wildman–Crippen MR) is 102 cm³/mol. The van der Waals surface area contributed by atoms with E-state index in [9.17, 15) is 0 Å². The first kappa shape index (κ1) is 17.1. The van der Waals surface area contributed by atoms with Crippen LogP contribution in [0, 0.1) is 0 Å². The molecule has 4 rings (SSSR count). The number of nitrogen functional groups attached to an aromatic ring is 1. The van der Waals surface area contributed by atoms with Crippen LogP contribution >= 0.6 is 0 Å². The van der Waals surface area contributed by atoms with Gasteiger partial charge >= 0.3 is 0 Å². The second-order valence-electron chi connectivity index (χ2n) is 8.34. The number of nitrogens with zero attached hydrogens (tertiary/aromatic N) is 4. The van der Waals surface area contributed by atoms with Gasteiger partial charge < -0.3 is 10.2 Å². The molecule has 4 heterocycles. The van der Waals surface area contributed by atoms with Crippen molar-refractivity contribution >= 4 is 11.5 Å². The van der Waals surface area contributed by atoms with E-state index in [4.69, 9.17) is 15.1 Å². The second kappa shape index (κ2) is 6.43. The molecule has 138 valence electrons. The largest absolute Gasteiger partial charge is 0.472 e. The highest BCUT2D eigenvalue weighted by atomic mass is 16.3. The first-order valence-corrected chi connectivity index (χ1v) is 9.30. The highest BCUT2D eigenvalue weighted by Crippen LogP contribution is 2.30. The number of rotatable bonds is 3. The van der Waals surface area contributed by atoms with Gasteiger partial charge in [0.05, 0.1) is 18.2 Å². The van der Waals surface area contributed by atoms with Crippen LogP contribution in [0.2, 0.25) is 0 Å². The number of anilines is 1. The monoisotopic (exact) mass is 353 g/mol. The zero-order chi connectivity index (χ0) is 18.3. The molecule has 0 aliphatic carbocycles. The lowest BCUT2D eigenvalue weighted by molar-refractivity contribution is 0.203. The van der Waals surface area contributed by atoms with E-state index in [1.54, 1.807) is 10.8 Å². The van der Waals surface area contributed by atoms with E-state index in [1.165, 1.54) is 5.56 Å². The van der Waals surface area contributed by atoms with Gasteiger partial charge in [0.25, 0.3) is 0 Å². The average molecular weight is 353 g/mol. The Balaban J connectivity index is 1.50. The molecule has 0 atom stereocenters. The van der Waals surface area contributed by atoms with Crippen molar-refractivity contribution < 1.29 is 4.42 Å². The molecule has 26 heavy (non-hydrogen) atoms. The van der Waals surface area contributed by atoms with Crippen LogP contribution in [0.4, 0.5) is 5.82 Å². The maximum Gasteiger partial charge on any atom is 0.157 e. The van der Waals surface area contributed by atoms with Crippen LogP contribution in [0.3, 0.4) is 0 Å². The third kappa shape index (κ3) is 3.33. The van der Waals surface area contributed by atoms with Gasteiger partial charge in [-0.15, -0.1) is 0 Å². The topological polar surface area (TPSA) is 72.6 Å². The van der Waals surface area contributed by atoms with Gasteiger partial charge in [-0.2, -0.15) is 9.61 Å². The quantitative estimate of drug-likeness (QED) is 0.779. The van der Waals surface area contributed by atoms with Gasteiger partial charge in [0, 0.05) is 41.3 Å². The zero-order valence-electron chi connectivity index (χ0n) is 15.8. The summed E-state index contributed by atoms with van der Waals surface area (Å²) in [4.78, 5) is 7.35. The van der Waals surface area contributed by atoms with E-state index in [0.29, 0.717) is 11.7 Å². The van der Waals surface area contributed by atoms with Crippen LogP contribution in [0.1, 0.15) is 56.5 Å². The lowest BCUT2D eigenvalue weighted by Crippen LogP contribution is -2.32. The third-order valence-electron chi connectivity index (χ3n) is 5.24. The summed E-state index contributed by atoms with van der Waals surface area (Å²) in [6.45, 7) is 9.55. The minimum absolute atomic E-state index is 0.0152. The highest BCUT2D eigenvalue weighted by Gasteiger charge is 2.24. The van der Waals surface area contributed by atoms with E-state index in [0.717, 1.165) is 49.5 Å². The number of fused-ring (bicyclic) bond motifs is 1. The summed E-state index contributed by atoms with van der Waals surface area (Å²) in [7, 11) is 0. The number of aromatic nitrogens is 3. The summed E-state index contributed by atoms with van der Waals surface area (Å²) in [5, 5.41) is 4.64. The molecular weight excluding hydrogens is 326 g/mol. The predicted octanol–water partition coefficient (Wildman–Crippen LogP) is 3.58. The van der Waals surface area contributed by atoms with Crippen molar-refractivity contribution in [3.05, 3.63) is 47.7 Å². The molecule has 0 aromatic carbocycles. The molecule has 0 unspecified atom stereocenters. The Morgan fingerprint density at radius 2 is 2.00 bits per heavy atom. The summed E-state index contributed by atoms with van der Waals surface area (Å²) < 4.78 is 6.93. The molecule has 0 saturated carbocycles. The smallest absolute Gasteiger partial charge is 0.157 e. The van der Waals surface area contributed by atoms with Crippen molar-refractivity contribution in [2.24, 2.45) is 0 Å². The van der Waals surface area contributed by atoms with Crippen molar-refractivity contribution in [3.8, 4) is 0 Å². The van der Waals surface area contributed by atoms with Crippen LogP contribution in [0.5, 0.6) is 0 Å². The first-order valence-electron chi connectivity index (χ1n) is 9.30. The van der Waals surface area contributed by atoms with Gasteiger partial charge in [-0.3, -0.25) is 4.90 Å². The van der Waals surface area contributed by atoms with Gasteiger partial charge in [0.1, 0.15) is 5.82 Å². The van der Waals surface area contributed by atoms with Crippen LogP contribution in [-0.4, -0.2) is 32.6 Å². The van der Waals surface area contributed by atoms with E-state index in [1.807, 2.05) is 18.4 Å². The van der Waals surface area contributed by atoms with E-state index >= 15 is 0 Å². The fourth-order valence-electron chi connectivity index (χ4n) is 3.62. The number of piperidine rings is 1. The molecule has 0 bridgehead atoms. The van der Waals surface area contributed by atoms with Crippen molar-refractivity contribution in [3.63, 3.8) is 0 Å². The maximum absolute atomic E-state index is 6.28. The molecule has 0 radical (unpaired) electrons. The molecule has 0 spiro atoms. The van der Waals surface area contributed by atoms with Crippen molar-refractivity contribution in [2.45, 2.75) is 51.5 Å². The Labute approximate surface area is 154 Å². The standard InChI is InChI=1S/C20H27N5O/c1-20(2,3)17-11-19-22-16(10-18(21)25(19)23-17)15-4-7-24(8-5-15)12-14-6-9-26-13-14/h6,9-11,13,15H,4-5,7-8,12,21H2,1-3H3. The van der Waals surface area contributed by atoms with E-state index < -0.39 is 0 Å². The van der Waals surface area contributed by atoms with Gasteiger partial charge in [0.15, 0.2) is 5.65 Å². The lowest BCUT2D eigenvalue weighted by Gasteiger charge is -2.31. The average Bonchev–Trinajstić information content (AvgIpc) is 3.24. The number of hydrogen-bond acceptors (Lipinski definition) is 5. The SMILES string of the molecule is CC(C)(C)c1cc2nc(C3CCN(Cc4ccoc4)CC3)cc(N)n2n1. The van der Waals surface area contributed by atoms with Crippen molar-refractivity contribution in [2.75, 3.05) is 18.8 Å². The Hall–Kier alpha value is -2.34. The highest BCUT2D eigenvalue weighted by molar-refractivity contribution is 5.49. The molecule has 1 aliphatic rings. The fourth-order valence-corrected chi connectivity index (χ4v) is 3.62. The normalized spacial score (nSPS) is 17.2. The van der Waals surface area contributed by atoms with Gasteiger partial charge in [-0.1, -0.05) is 20.8 Å². The van der Waals surface area contributed by atoms with Crippen LogP contribution in [0.15, 0.2) is 35.1 Å². The van der Waals surface area contributed by atoms with E-state index in [2.05, 4.69) is 36.8 Å². The summed E-state index contributed by atoms with van der Waals surface area (Å²) >= 11 is 0. The summed E-state index contributed by atoms with van der Waals surface area (Å²) in [6.07, 6.45) is 5.76. The Morgan fingerprint density at radius 3 is 2.65 bits per heavy atom. The van der Waals surface area contributed by atoms with Crippen molar-refractivity contribution in [1.29, 1.82) is 0 Å². The number of likely N-dealkylation sites (tertiary alicyclic amines) is 1. The number of nitrogens with two attached hydrogens (primary N) is 1. The molecule has 0 amide bonds. The summed E-state index contributed by atoms with van der Waals surface area (Å²) in [5.74, 6) is 1.12. The molecule has 6 nitrogen and oxygen atoms in total. The maximum atomic E-state index is 6.28. The van der Waals surface area contributed by atoms with Crippen LogP contribution in [0.25, 0.3) is 5.65 Å². The summed E-state index contributed by atoms with van der Waals surface area (Å²) in [6, 6.07) is 6.10. The Morgan fingerprint density at radius 1 is 1.23 bits per heavy atom. The van der Waals surface area contributed by atoms with E-state index in [-0.39, 0.29) is 5.41 Å². The molecule has 1 aliphatic heterocycles. The number of furan rings is 1. The Bertz CT molecular complexity index is 883. The third-order valence-corrected chi connectivity index (χ3v) is 5.24. The molecular formula is C20H27N5O. The van der Waals surface area contributed by atoms with Gasteiger partial charge in [0.2, 0.25) is 0 Å². The molecule has 6 heteroatoms. The second-order valence-corrected chi connectivity index (χ2v) is 8.34. The van der Waals surface area contributed by atoms with Crippen LogP contribution in [-0.2, 0) is 12.0 Å². The van der Waals surface area contributed by atoms with Gasteiger partial charge in [-0.05, 0) is 32.0 Å². The molecule has 3 aromatic rings. The first-order chi connectivity index (χ1) is 12.4. The van der Waals surface area contributed by atoms with Gasteiger partial charge in [-0.25, -0.2) is 4.98 Å². The molecule has 1 saturated heterocycles. The zero-order valence-corrected chi connectivity index (χ0v) is 15.8. The minimum Gasteiger partial charge on any atom is -0.472 e. The Kier molecular flexibility index (Phi) is 4.23. The van der Waals surface area contributed by atoms with Crippen molar-refractivity contribution in [1.82, 2.24) is 19.5 Å². The van der Waals surface area contributed by atoms with Crippen LogP contribution < -0.4 is 5.73 Å². The number of hydrogen-bond donors (Lipinski definition) is 1. The molecule has 1 fully saturated rings. The molecule has 2 N–H and O–H groups in total. The minimum atomic E-state index is -0.0152.